The van der Waals surface area contributed by atoms with Crippen LogP contribution in [0.3, 0.4) is 0 Å². The van der Waals surface area contributed by atoms with Crippen molar-refractivity contribution < 1.29 is 4.79 Å². The summed E-state index contributed by atoms with van der Waals surface area (Å²) < 4.78 is 0. The molecule has 2 aromatic rings. The van der Waals surface area contributed by atoms with Gasteiger partial charge < -0.3 is 4.90 Å². The quantitative estimate of drug-likeness (QED) is 0.871. The number of H-pyrrole nitrogens is 1. The second-order valence-corrected chi connectivity index (χ2v) is 7.08. The molecule has 0 spiro atoms. The van der Waals surface area contributed by atoms with E-state index >= 15 is 0 Å². The van der Waals surface area contributed by atoms with Gasteiger partial charge in [0.1, 0.15) is 17.5 Å². The van der Waals surface area contributed by atoms with E-state index < -0.39 is 0 Å². The molecular weight excluding hydrogens is 330 g/mol. The average Bonchev–Trinajstić information content (AvgIpc) is 3.46. The van der Waals surface area contributed by atoms with Gasteiger partial charge in [-0.2, -0.15) is 5.10 Å². The molecule has 1 aliphatic heterocycles. The largest absolute Gasteiger partial charge is 0.337 e. The Kier molecular flexibility index (Phi) is 4.92. The lowest BCUT2D eigenvalue weighted by Gasteiger charge is -2.21. The zero-order chi connectivity index (χ0) is 17.9. The van der Waals surface area contributed by atoms with Gasteiger partial charge in [-0.25, -0.2) is 15.0 Å². The molecule has 26 heavy (non-hydrogen) atoms. The number of hydrogen-bond acceptors (Lipinski definition) is 6. The number of carbonyl (C=O) groups excluding carboxylic acids is 1. The standard InChI is InChI=1S/C18H25N7O/c1-2-15-21-16(23-22-15)12-24-6-3-7-25(9-8-24)18(26)14-10-19-17(20-11-14)13-4-5-13/h10-11,13H,2-9,12H2,1H3,(H,21,22,23). The van der Waals surface area contributed by atoms with Crippen molar-refractivity contribution in [2.75, 3.05) is 26.2 Å². The van der Waals surface area contributed by atoms with Crippen molar-refractivity contribution in [3.05, 3.63) is 35.4 Å². The maximum absolute atomic E-state index is 12.8. The predicted molar refractivity (Wildman–Crippen MR) is 95.6 cm³/mol. The van der Waals surface area contributed by atoms with Gasteiger partial charge in [-0.05, 0) is 19.3 Å². The topological polar surface area (TPSA) is 90.9 Å². The van der Waals surface area contributed by atoms with Gasteiger partial charge in [-0.1, -0.05) is 6.92 Å². The molecule has 2 fully saturated rings. The molecule has 8 nitrogen and oxygen atoms in total. The van der Waals surface area contributed by atoms with Crippen LogP contribution in [-0.2, 0) is 13.0 Å². The number of hydrogen-bond donors (Lipinski definition) is 1. The first kappa shape index (κ1) is 17.1. The summed E-state index contributed by atoms with van der Waals surface area (Å²) in [4.78, 5) is 30.2. The van der Waals surface area contributed by atoms with Crippen molar-refractivity contribution in [1.29, 1.82) is 0 Å². The summed E-state index contributed by atoms with van der Waals surface area (Å²) >= 11 is 0. The fraction of sp³-hybridized carbons (Fsp3) is 0.611. The molecule has 2 aromatic heterocycles. The zero-order valence-corrected chi connectivity index (χ0v) is 15.2. The molecule has 1 amide bonds. The van der Waals surface area contributed by atoms with E-state index in [1.807, 2.05) is 11.8 Å². The normalized spacial score (nSPS) is 18.7. The lowest BCUT2D eigenvalue weighted by atomic mass is 10.2. The molecule has 0 atom stereocenters. The Balaban J connectivity index is 1.34. The summed E-state index contributed by atoms with van der Waals surface area (Å²) in [6, 6.07) is 0. The van der Waals surface area contributed by atoms with E-state index in [2.05, 4.69) is 30.0 Å². The van der Waals surface area contributed by atoms with E-state index in [1.165, 1.54) is 12.8 Å². The van der Waals surface area contributed by atoms with E-state index in [9.17, 15) is 4.79 Å². The van der Waals surface area contributed by atoms with Crippen LogP contribution < -0.4 is 0 Å². The number of aromatic nitrogens is 5. The fourth-order valence-corrected chi connectivity index (χ4v) is 3.29. The lowest BCUT2D eigenvalue weighted by Crippen LogP contribution is -2.35. The molecule has 1 aliphatic carbocycles. The summed E-state index contributed by atoms with van der Waals surface area (Å²) in [7, 11) is 0. The first-order valence-electron chi connectivity index (χ1n) is 9.46. The third kappa shape index (κ3) is 3.90. The molecule has 3 heterocycles. The van der Waals surface area contributed by atoms with E-state index in [1.54, 1.807) is 12.4 Å². The third-order valence-corrected chi connectivity index (χ3v) is 5.00. The van der Waals surface area contributed by atoms with Crippen LogP contribution in [0.2, 0.25) is 0 Å². The third-order valence-electron chi connectivity index (χ3n) is 5.00. The molecule has 0 bridgehead atoms. The molecule has 138 valence electrons. The maximum Gasteiger partial charge on any atom is 0.257 e. The van der Waals surface area contributed by atoms with E-state index in [0.717, 1.165) is 56.5 Å². The molecule has 8 heteroatoms. The van der Waals surface area contributed by atoms with Crippen molar-refractivity contribution in [1.82, 2.24) is 34.9 Å². The highest BCUT2D eigenvalue weighted by molar-refractivity contribution is 5.93. The first-order valence-corrected chi connectivity index (χ1v) is 9.46. The summed E-state index contributed by atoms with van der Waals surface area (Å²) in [6.07, 6.45) is 7.49. The highest BCUT2D eigenvalue weighted by atomic mass is 16.2. The van der Waals surface area contributed by atoms with Gasteiger partial charge >= 0.3 is 0 Å². The minimum absolute atomic E-state index is 0.0298. The number of rotatable bonds is 5. The summed E-state index contributed by atoms with van der Waals surface area (Å²) in [5.74, 6) is 3.16. The number of nitrogens with zero attached hydrogens (tertiary/aromatic N) is 6. The molecule has 0 unspecified atom stereocenters. The van der Waals surface area contributed by atoms with Crippen molar-refractivity contribution in [3.63, 3.8) is 0 Å². The van der Waals surface area contributed by atoms with Gasteiger partial charge in [-0.3, -0.25) is 14.8 Å². The van der Waals surface area contributed by atoms with Crippen LogP contribution in [0.1, 0.15) is 59.9 Å². The van der Waals surface area contributed by atoms with Gasteiger partial charge in [0, 0.05) is 50.9 Å². The summed E-state index contributed by atoms with van der Waals surface area (Å²) in [6.45, 7) is 6.03. The van der Waals surface area contributed by atoms with Crippen molar-refractivity contribution in [2.45, 2.75) is 45.1 Å². The minimum Gasteiger partial charge on any atom is -0.337 e. The minimum atomic E-state index is 0.0298. The Morgan fingerprint density at radius 3 is 2.69 bits per heavy atom. The van der Waals surface area contributed by atoms with E-state index in [0.29, 0.717) is 18.0 Å². The number of aromatic amines is 1. The second-order valence-electron chi connectivity index (χ2n) is 7.08. The van der Waals surface area contributed by atoms with Crippen LogP contribution in [0.15, 0.2) is 12.4 Å². The number of carbonyl (C=O) groups is 1. The Morgan fingerprint density at radius 2 is 2.00 bits per heavy atom. The van der Waals surface area contributed by atoms with Gasteiger partial charge in [0.15, 0.2) is 0 Å². The van der Waals surface area contributed by atoms with Crippen LogP contribution in [0, 0.1) is 0 Å². The SMILES string of the molecule is CCc1n[nH]c(CN2CCCN(C(=O)c3cnc(C4CC4)nc3)CC2)n1. The monoisotopic (exact) mass is 355 g/mol. The molecule has 0 aromatic carbocycles. The van der Waals surface area contributed by atoms with Crippen LogP contribution in [0.25, 0.3) is 0 Å². The Labute approximate surface area is 153 Å². The molecular formula is C18H25N7O. The average molecular weight is 355 g/mol. The molecule has 4 rings (SSSR count). The van der Waals surface area contributed by atoms with Gasteiger partial charge in [0.25, 0.3) is 5.91 Å². The van der Waals surface area contributed by atoms with Crippen LogP contribution in [0.5, 0.6) is 0 Å². The maximum atomic E-state index is 12.8. The molecule has 1 N–H and O–H groups in total. The number of aryl methyl sites for hydroxylation is 1. The number of amides is 1. The van der Waals surface area contributed by atoms with Crippen molar-refractivity contribution in [3.8, 4) is 0 Å². The lowest BCUT2D eigenvalue weighted by molar-refractivity contribution is 0.0760. The molecule has 1 saturated heterocycles. The highest BCUT2D eigenvalue weighted by Crippen LogP contribution is 2.37. The fourth-order valence-electron chi connectivity index (χ4n) is 3.29. The van der Waals surface area contributed by atoms with Gasteiger partial charge in [-0.15, -0.1) is 0 Å². The smallest absolute Gasteiger partial charge is 0.257 e. The predicted octanol–water partition coefficient (Wildman–Crippen LogP) is 1.38. The Bertz CT molecular complexity index is 753. The van der Waals surface area contributed by atoms with E-state index in [-0.39, 0.29) is 5.91 Å². The zero-order valence-electron chi connectivity index (χ0n) is 15.2. The Hall–Kier alpha value is -2.35. The van der Waals surface area contributed by atoms with Crippen molar-refractivity contribution in [2.24, 2.45) is 0 Å². The molecule has 1 saturated carbocycles. The second kappa shape index (κ2) is 7.49. The summed E-state index contributed by atoms with van der Waals surface area (Å²) in [5, 5.41) is 7.19. The van der Waals surface area contributed by atoms with Gasteiger partial charge in [0.2, 0.25) is 0 Å². The van der Waals surface area contributed by atoms with Crippen LogP contribution in [0.4, 0.5) is 0 Å². The van der Waals surface area contributed by atoms with Crippen molar-refractivity contribution >= 4 is 5.91 Å². The summed E-state index contributed by atoms with van der Waals surface area (Å²) in [5.41, 5.74) is 0.589. The molecule has 2 aliphatic rings. The van der Waals surface area contributed by atoms with Gasteiger partial charge in [0.05, 0.1) is 12.1 Å². The van der Waals surface area contributed by atoms with Crippen LogP contribution in [-0.4, -0.2) is 67.0 Å². The van der Waals surface area contributed by atoms with E-state index in [4.69, 9.17) is 0 Å². The Morgan fingerprint density at radius 1 is 1.19 bits per heavy atom. The van der Waals surface area contributed by atoms with Crippen LogP contribution >= 0.6 is 0 Å². The first-order chi connectivity index (χ1) is 12.7. The highest BCUT2D eigenvalue weighted by Gasteiger charge is 2.27. The number of nitrogens with one attached hydrogen (secondary N) is 1. The molecule has 0 radical (unpaired) electrons.